The van der Waals surface area contributed by atoms with Crippen molar-refractivity contribution in [2.75, 3.05) is 19.8 Å². The highest BCUT2D eigenvalue weighted by atomic mass is 16.7. The van der Waals surface area contributed by atoms with Crippen molar-refractivity contribution in [3.05, 3.63) is 0 Å². The van der Waals surface area contributed by atoms with Crippen LogP contribution in [0.5, 0.6) is 0 Å². The molecular formula is C19H34N4O7. The Hall–Kier alpha value is -2.40. The van der Waals surface area contributed by atoms with E-state index in [0.717, 1.165) is 0 Å². The highest BCUT2D eigenvalue weighted by molar-refractivity contribution is 6.01. The molecule has 0 saturated carbocycles. The van der Waals surface area contributed by atoms with E-state index in [4.69, 9.17) is 24.7 Å². The minimum atomic E-state index is -0.830. The van der Waals surface area contributed by atoms with Crippen LogP contribution < -0.4 is 16.4 Å². The molecule has 0 aromatic carbocycles. The first-order chi connectivity index (χ1) is 13.7. The number of nitrogens with two attached hydrogens (primary N) is 1. The van der Waals surface area contributed by atoms with Crippen LogP contribution in [0.15, 0.2) is 4.99 Å². The minimum absolute atomic E-state index is 0.124. The minimum Gasteiger partial charge on any atom is -0.444 e. The Morgan fingerprint density at radius 3 is 1.80 bits per heavy atom. The van der Waals surface area contributed by atoms with Crippen LogP contribution in [0.25, 0.3) is 0 Å². The Bertz CT molecular complexity index is 614. The lowest BCUT2D eigenvalue weighted by molar-refractivity contribution is -0.132. The zero-order valence-electron chi connectivity index (χ0n) is 18.7. The predicted molar refractivity (Wildman–Crippen MR) is 109 cm³/mol. The summed E-state index contributed by atoms with van der Waals surface area (Å²) in [6.07, 6.45) is -2.24. The van der Waals surface area contributed by atoms with Gasteiger partial charge in [-0.3, -0.25) is 20.4 Å². The molecule has 2 unspecified atom stereocenters. The topological polar surface area (TPSA) is 151 Å². The average molecular weight is 431 g/mol. The maximum atomic E-state index is 12.1. The second kappa shape index (κ2) is 10.6. The van der Waals surface area contributed by atoms with E-state index in [1.165, 1.54) is 0 Å². The molecule has 4 N–H and O–H groups in total. The summed E-state index contributed by atoms with van der Waals surface area (Å²) >= 11 is 0. The number of alkyl carbamates (subject to hydrolysis) is 2. The van der Waals surface area contributed by atoms with Gasteiger partial charge in [0.2, 0.25) is 11.9 Å². The summed E-state index contributed by atoms with van der Waals surface area (Å²) in [6.45, 7) is 12.6. The lowest BCUT2D eigenvalue weighted by Crippen LogP contribution is -2.48. The number of carbonyl (C=O) groups is 3. The van der Waals surface area contributed by atoms with Gasteiger partial charge in [0.15, 0.2) is 6.29 Å². The van der Waals surface area contributed by atoms with Crippen molar-refractivity contribution in [3.8, 4) is 0 Å². The Labute approximate surface area is 177 Å². The molecule has 0 aromatic heterocycles. The number of hydrogen-bond acceptors (Lipinski definition) is 8. The van der Waals surface area contributed by atoms with Gasteiger partial charge in [-0.2, -0.15) is 0 Å². The second-order valence-electron chi connectivity index (χ2n) is 8.92. The number of nitrogens with one attached hydrogen (secondary N) is 2. The fourth-order valence-electron chi connectivity index (χ4n) is 2.49. The number of aliphatic imine (C=N–C) groups is 1. The molecule has 1 fully saturated rings. The molecule has 1 heterocycles. The van der Waals surface area contributed by atoms with Gasteiger partial charge >= 0.3 is 12.2 Å². The number of nitrogens with zero attached hydrogens (tertiary/aromatic N) is 1. The molecule has 30 heavy (non-hydrogen) atoms. The van der Waals surface area contributed by atoms with E-state index < -0.39 is 47.4 Å². The van der Waals surface area contributed by atoms with Crippen molar-refractivity contribution in [3.63, 3.8) is 0 Å². The van der Waals surface area contributed by atoms with Gasteiger partial charge in [0.05, 0.1) is 25.7 Å². The molecule has 0 aromatic rings. The smallest absolute Gasteiger partial charge is 0.414 e. The SMILES string of the molecule is CC(C1OCCO1)C(CN=C(NC(=O)OC(C)(C)C)NC(=O)OC(C)(C)C)C(N)=O. The molecule has 11 heteroatoms. The molecule has 1 saturated heterocycles. The Kier molecular flexibility index (Phi) is 9.04. The highest BCUT2D eigenvalue weighted by Gasteiger charge is 2.33. The van der Waals surface area contributed by atoms with Crippen LogP contribution in [0.2, 0.25) is 0 Å². The van der Waals surface area contributed by atoms with Gasteiger partial charge in [0.1, 0.15) is 11.2 Å². The molecule has 2 atom stereocenters. The largest absolute Gasteiger partial charge is 0.444 e. The molecule has 1 rings (SSSR count). The quantitative estimate of drug-likeness (QED) is 0.442. The van der Waals surface area contributed by atoms with E-state index in [0.29, 0.717) is 13.2 Å². The van der Waals surface area contributed by atoms with E-state index in [1.54, 1.807) is 48.5 Å². The Balaban J connectivity index is 2.95. The lowest BCUT2D eigenvalue weighted by Gasteiger charge is -2.25. The van der Waals surface area contributed by atoms with Crippen molar-refractivity contribution in [1.82, 2.24) is 10.6 Å². The summed E-state index contributed by atoms with van der Waals surface area (Å²) in [5.74, 6) is -1.99. The van der Waals surface area contributed by atoms with Crippen LogP contribution in [0.3, 0.4) is 0 Å². The first-order valence-corrected chi connectivity index (χ1v) is 9.75. The van der Waals surface area contributed by atoms with Gasteiger partial charge in [-0.15, -0.1) is 0 Å². The van der Waals surface area contributed by atoms with Crippen molar-refractivity contribution < 1.29 is 33.3 Å². The van der Waals surface area contributed by atoms with E-state index in [2.05, 4.69) is 15.6 Å². The molecule has 0 spiro atoms. The normalized spacial score (nSPS) is 16.9. The van der Waals surface area contributed by atoms with Crippen LogP contribution in [0, 0.1) is 11.8 Å². The maximum absolute atomic E-state index is 12.1. The average Bonchev–Trinajstić information content (AvgIpc) is 3.04. The zero-order valence-corrected chi connectivity index (χ0v) is 18.7. The van der Waals surface area contributed by atoms with Crippen molar-refractivity contribution in [1.29, 1.82) is 0 Å². The van der Waals surface area contributed by atoms with Gasteiger partial charge in [-0.25, -0.2) is 9.59 Å². The third-order valence-electron chi connectivity index (χ3n) is 3.76. The summed E-state index contributed by atoms with van der Waals surface area (Å²) in [4.78, 5) is 40.3. The van der Waals surface area contributed by atoms with Crippen LogP contribution in [-0.2, 0) is 23.7 Å². The molecule has 0 radical (unpaired) electrons. The van der Waals surface area contributed by atoms with Gasteiger partial charge in [0.25, 0.3) is 0 Å². The first kappa shape index (κ1) is 25.6. The fourth-order valence-corrected chi connectivity index (χ4v) is 2.49. The van der Waals surface area contributed by atoms with E-state index in [9.17, 15) is 14.4 Å². The lowest BCUT2D eigenvalue weighted by atomic mass is 9.93. The standard InChI is InChI=1S/C19H34N4O7/c1-11(14-27-8-9-28-14)12(13(20)24)10-21-15(22-16(25)29-18(2,3)4)23-17(26)30-19(5,6)7/h11-12,14H,8-10H2,1-7H3,(H2,20,24)(H2,21,22,23,25,26). The Morgan fingerprint density at radius 1 is 1.00 bits per heavy atom. The number of primary amides is 1. The monoisotopic (exact) mass is 430 g/mol. The van der Waals surface area contributed by atoms with Gasteiger partial charge in [-0.1, -0.05) is 6.92 Å². The van der Waals surface area contributed by atoms with Crippen LogP contribution in [-0.4, -0.2) is 61.3 Å². The van der Waals surface area contributed by atoms with E-state index in [1.807, 2.05) is 0 Å². The molecule has 1 aliphatic heterocycles. The molecule has 0 aliphatic carbocycles. The maximum Gasteiger partial charge on any atom is 0.414 e. The van der Waals surface area contributed by atoms with E-state index >= 15 is 0 Å². The van der Waals surface area contributed by atoms with Crippen molar-refractivity contribution in [2.45, 2.75) is 66.0 Å². The number of carbonyl (C=O) groups excluding carboxylic acids is 3. The summed E-state index contributed by atoms with van der Waals surface area (Å²) in [5, 5.41) is 4.71. The highest BCUT2D eigenvalue weighted by Crippen LogP contribution is 2.22. The van der Waals surface area contributed by atoms with Crippen LogP contribution in [0.4, 0.5) is 9.59 Å². The zero-order chi connectivity index (χ0) is 23.1. The summed E-state index contributed by atoms with van der Waals surface area (Å²) in [7, 11) is 0. The third kappa shape index (κ3) is 9.88. The molecule has 3 amide bonds. The van der Waals surface area contributed by atoms with Gasteiger partial charge < -0.3 is 24.7 Å². The molecule has 0 bridgehead atoms. The summed E-state index contributed by atoms with van der Waals surface area (Å²) in [5.41, 5.74) is 3.99. The van der Waals surface area contributed by atoms with Crippen molar-refractivity contribution in [2.24, 2.45) is 22.6 Å². The first-order valence-electron chi connectivity index (χ1n) is 9.75. The number of guanidine groups is 1. The number of rotatable bonds is 5. The molecule has 11 nitrogen and oxygen atoms in total. The number of ether oxygens (including phenoxy) is 4. The van der Waals surface area contributed by atoms with Gasteiger partial charge in [-0.05, 0) is 41.5 Å². The molecule has 1 aliphatic rings. The fraction of sp³-hybridized carbons (Fsp3) is 0.789. The van der Waals surface area contributed by atoms with Crippen LogP contribution >= 0.6 is 0 Å². The van der Waals surface area contributed by atoms with Crippen LogP contribution in [0.1, 0.15) is 48.5 Å². The summed E-state index contributed by atoms with van der Waals surface area (Å²) in [6, 6.07) is 0. The van der Waals surface area contributed by atoms with Gasteiger partial charge in [0, 0.05) is 5.92 Å². The van der Waals surface area contributed by atoms with Crippen molar-refractivity contribution >= 4 is 24.1 Å². The number of hydrogen-bond donors (Lipinski definition) is 3. The number of amides is 3. The Morgan fingerprint density at radius 2 is 1.43 bits per heavy atom. The van der Waals surface area contributed by atoms with E-state index in [-0.39, 0.29) is 12.5 Å². The predicted octanol–water partition coefficient (Wildman–Crippen LogP) is 1.50. The molecule has 172 valence electrons. The summed E-state index contributed by atoms with van der Waals surface area (Å²) < 4.78 is 21.2. The second-order valence-corrected chi connectivity index (χ2v) is 8.92. The molecular weight excluding hydrogens is 396 g/mol. The third-order valence-corrected chi connectivity index (χ3v) is 3.76.